The monoisotopic (exact) mass is 327 g/mol. The number of nitrogens with zero attached hydrogens (tertiary/aromatic N) is 1. The second-order valence-corrected chi connectivity index (χ2v) is 6.51. The molecule has 1 heterocycles. The van der Waals surface area contributed by atoms with Gasteiger partial charge in [0.2, 0.25) is 0 Å². The Morgan fingerprint density at radius 3 is 2.95 bits per heavy atom. The fraction of sp³-hybridized carbons (Fsp3) is 0.533. The third-order valence-corrected chi connectivity index (χ3v) is 4.72. The molecular formula is C15H22FN3O2S. The Morgan fingerprint density at radius 1 is 1.59 bits per heavy atom. The van der Waals surface area contributed by atoms with Crippen LogP contribution in [0.15, 0.2) is 24.3 Å². The minimum absolute atomic E-state index is 0.0373. The van der Waals surface area contributed by atoms with Gasteiger partial charge in [-0.05, 0) is 36.8 Å². The maximum Gasteiger partial charge on any atom is 0.341 e. The van der Waals surface area contributed by atoms with Crippen LogP contribution in [0.4, 0.5) is 4.39 Å². The zero-order chi connectivity index (χ0) is 16.1. The van der Waals surface area contributed by atoms with Gasteiger partial charge in [-0.2, -0.15) is 11.8 Å². The molecule has 0 aromatic heterocycles. The Balaban J connectivity index is 1.91. The minimum Gasteiger partial charge on any atom is -0.366 e. The Bertz CT molecular complexity index is 517. The highest BCUT2D eigenvalue weighted by Gasteiger charge is 2.27. The second-order valence-electron chi connectivity index (χ2n) is 5.47. The van der Waals surface area contributed by atoms with Gasteiger partial charge in [-0.15, -0.1) is 5.06 Å². The smallest absolute Gasteiger partial charge is 0.341 e. The number of thioether (sulfide) groups is 1. The molecule has 1 fully saturated rings. The van der Waals surface area contributed by atoms with Crippen LogP contribution in [0.25, 0.3) is 0 Å². The molecule has 1 saturated heterocycles. The predicted octanol–water partition coefficient (Wildman–Crippen LogP) is 1.44. The Labute approximate surface area is 134 Å². The summed E-state index contributed by atoms with van der Waals surface area (Å²) in [7, 11) is 0. The fourth-order valence-electron chi connectivity index (χ4n) is 2.43. The van der Waals surface area contributed by atoms with Crippen molar-refractivity contribution in [2.24, 2.45) is 11.5 Å². The van der Waals surface area contributed by atoms with Crippen molar-refractivity contribution in [2.75, 3.05) is 19.3 Å². The largest absolute Gasteiger partial charge is 0.366 e. The lowest BCUT2D eigenvalue weighted by Gasteiger charge is -2.21. The summed E-state index contributed by atoms with van der Waals surface area (Å²) in [6, 6.07) is 5.64. The van der Waals surface area contributed by atoms with Crippen molar-refractivity contribution >= 4 is 17.7 Å². The van der Waals surface area contributed by atoms with Crippen molar-refractivity contribution in [3.8, 4) is 0 Å². The van der Waals surface area contributed by atoms with Crippen LogP contribution in [-0.2, 0) is 9.63 Å². The van der Waals surface area contributed by atoms with Gasteiger partial charge in [-0.25, -0.2) is 9.18 Å². The zero-order valence-electron chi connectivity index (χ0n) is 12.6. The van der Waals surface area contributed by atoms with Crippen molar-refractivity contribution in [3.05, 3.63) is 35.6 Å². The van der Waals surface area contributed by atoms with Crippen LogP contribution >= 0.6 is 11.8 Å². The maximum absolute atomic E-state index is 13.3. The molecular weight excluding hydrogens is 305 g/mol. The predicted molar refractivity (Wildman–Crippen MR) is 85.5 cm³/mol. The summed E-state index contributed by atoms with van der Waals surface area (Å²) in [6.07, 6.45) is 3.11. The molecule has 22 heavy (non-hydrogen) atoms. The number of hydrogen-bond acceptors (Lipinski definition) is 6. The molecule has 1 aliphatic heterocycles. The van der Waals surface area contributed by atoms with E-state index in [0.717, 1.165) is 12.0 Å². The molecule has 4 N–H and O–H groups in total. The molecule has 0 aliphatic carbocycles. The number of benzene rings is 1. The first kappa shape index (κ1) is 17.2. The van der Waals surface area contributed by atoms with E-state index >= 15 is 0 Å². The SMILES string of the molecule is CSC(CC(N)C(=O)ON1CCC(N)C1)c1cccc(F)c1. The molecule has 7 heteroatoms. The molecule has 3 unspecified atom stereocenters. The number of hydroxylamine groups is 2. The zero-order valence-corrected chi connectivity index (χ0v) is 13.4. The third-order valence-electron chi connectivity index (χ3n) is 3.68. The summed E-state index contributed by atoms with van der Waals surface area (Å²) < 4.78 is 13.3. The summed E-state index contributed by atoms with van der Waals surface area (Å²) in [6.45, 7) is 1.17. The van der Waals surface area contributed by atoms with Gasteiger partial charge in [0, 0.05) is 17.8 Å². The van der Waals surface area contributed by atoms with E-state index in [4.69, 9.17) is 16.3 Å². The van der Waals surface area contributed by atoms with Crippen molar-refractivity contribution in [3.63, 3.8) is 0 Å². The van der Waals surface area contributed by atoms with E-state index in [1.807, 2.05) is 12.3 Å². The van der Waals surface area contributed by atoms with E-state index in [9.17, 15) is 9.18 Å². The van der Waals surface area contributed by atoms with E-state index < -0.39 is 12.0 Å². The molecule has 1 aromatic rings. The average molecular weight is 327 g/mol. The lowest BCUT2D eigenvalue weighted by atomic mass is 10.1. The third kappa shape index (κ3) is 4.67. The number of hydrogen-bond donors (Lipinski definition) is 2. The number of carbonyl (C=O) groups is 1. The first-order chi connectivity index (χ1) is 10.5. The molecule has 0 saturated carbocycles. The molecule has 0 radical (unpaired) electrons. The molecule has 1 aromatic carbocycles. The van der Waals surface area contributed by atoms with E-state index in [1.165, 1.54) is 23.9 Å². The molecule has 2 rings (SSSR count). The summed E-state index contributed by atoms with van der Waals surface area (Å²) >= 11 is 1.53. The molecule has 0 spiro atoms. The molecule has 122 valence electrons. The van der Waals surface area contributed by atoms with Crippen LogP contribution in [0.1, 0.15) is 23.7 Å². The van der Waals surface area contributed by atoms with Gasteiger partial charge in [0.1, 0.15) is 11.9 Å². The Morgan fingerprint density at radius 2 is 2.36 bits per heavy atom. The standard InChI is InChI=1S/C15H22FN3O2S/c1-22-14(10-3-2-4-11(16)7-10)8-13(18)15(20)21-19-6-5-12(17)9-19/h2-4,7,12-14H,5-6,8-9,17-18H2,1H3. The van der Waals surface area contributed by atoms with Gasteiger partial charge in [-0.3, -0.25) is 0 Å². The van der Waals surface area contributed by atoms with E-state index in [-0.39, 0.29) is 17.1 Å². The summed E-state index contributed by atoms with van der Waals surface area (Å²) in [5.74, 6) is -0.761. The highest BCUT2D eigenvalue weighted by molar-refractivity contribution is 7.98. The molecule has 1 aliphatic rings. The summed E-state index contributed by atoms with van der Waals surface area (Å²) in [5, 5.41) is 1.50. The van der Waals surface area contributed by atoms with Crippen molar-refractivity contribution in [1.82, 2.24) is 5.06 Å². The quantitative estimate of drug-likeness (QED) is 0.823. The van der Waals surface area contributed by atoms with Gasteiger partial charge < -0.3 is 16.3 Å². The number of rotatable bonds is 6. The number of nitrogens with two attached hydrogens (primary N) is 2. The minimum atomic E-state index is -0.752. The van der Waals surface area contributed by atoms with Crippen LogP contribution in [0.2, 0.25) is 0 Å². The maximum atomic E-state index is 13.3. The first-order valence-corrected chi connectivity index (χ1v) is 8.54. The number of carbonyl (C=O) groups excluding carboxylic acids is 1. The summed E-state index contributed by atoms with van der Waals surface area (Å²) in [5.41, 5.74) is 12.5. The lowest BCUT2D eigenvalue weighted by molar-refractivity contribution is -0.187. The highest BCUT2D eigenvalue weighted by Crippen LogP contribution is 2.31. The fourth-order valence-corrected chi connectivity index (χ4v) is 3.25. The molecule has 0 amide bonds. The lowest BCUT2D eigenvalue weighted by Crippen LogP contribution is -2.38. The van der Waals surface area contributed by atoms with Crippen LogP contribution in [0.5, 0.6) is 0 Å². The van der Waals surface area contributed by atoms with Gasteiger partial charge in [0.05, 0.1) is 6.54 Å². The van der Waals surface area contributed by atoms with Crippen molar-refractivity contribution in [1.29, 1.82) is 0 Å². The van der Waals surface area contributed by atoms with Crippen LogP contribution in [0.3, 0.4) is 0 Å². The number of halogens is 1. The van der Waals surface area contributed by atoms with Crippen molar-refractivity contribution < 1.29 is 14.0 Å². The first-order valence-electron chi connectivity index (χ1n) is 7.25. The normalized spacial score (nSPS) is 21.5. The van der Waals surface area contributed by atoms with Crippen molar-refractivity contribution in [2.45, 2.75) is 30.2 Å². The molecule has 5 nitrogen and oxygen atoms in total. The van der Waals surface area contributed by atoms with Gasteiger partial charge in [0.25, 0.3) is 0 Å². The molecule has 3 atom stereocenters. The topological polar surface area (TPSA) is 81.6 Å². The van der Waals surface area contributed by atoms with Gasteiger partial charge in [-0.1, -0.05) is 12.1 Å². The van der Waals surface area contributed by atoms with Gasteiger partial charge >= 0.3 is 5.97 Å². The van der Waals surface area contributed by atoms with Gasteiger partial charge in [0.15, 0.2) is 0 Å². The van der Waals surface area contributed by atoms with E-state index in [2.05, 4.69) is 0 Å². The molecule has 0 bridgehead atoms. The van der Waals surface area contributed by atoms with E-state index in [1.54, 1.807) is 11.1 Å². The Kier molecular flexibility index (Phi) is 6.19. The van der Waals surface area contributed by atoms with Crippen LogP contribution in [0, 0.1) is 5.82 Å². The Hall–Kier alpha value is -1.15. The van der Waals surface area contributed by atoms with E-state index in [0.29, 0.717) is 19.5 Å². The summed E-state index contributed by atoms with van der Waals surface area (Å²) in [4.78, 5) is 17.3. The highest BCUT2D eigenvalue weighted by atomic mass is 32.2. The average Bonchev–Trinajstić information content (AvgIpc) is 2.89. The van der Waals surface area contributed by atoms with Crippen LogP contribution < -0.4 is 11.5 Å². The second kappa shape index (κ2) is 7.92. The van der Waals surface area contributed by atoms with Crippen LogP contribution in [-0.4, -0.2) is 42.5 Å².